The van der Waals surface area contributed by atoms with Crippen LogP contribution in [0, 0.1) is 21.4 Å². The number of nitro benzene ring substituents is 1. The van der Waals surface area contributed by atoms with Gasteiger partial charge in [-0.25, -0.2) is 4.98 Å². The molecule has 6 heteroatoms. The highest BCUT2D eigenvalue weighted by Gasteiger charge is 2.21. The molecule has 0 bridgehead atoms. The number of thiazole rings is 1. The molecule has 1 heterocycles. The zero-order valence-corrected chi connectivity index (χ0v) is 14.5. The first-order chi connectivity index (χ1) is 12.7. The lowest BCUT2D eigenvalue weighted by Crippen LogP contribution is -2.01. The van der Waals surface area contributed by atoms with Gasteiger partial charge in [0.25, 0.3) is 5.69 Å². The number of nitro groups is 1. The van der Waals surface area contributed by atoms with Crippen molar-refractivity contribution in [1.82, 2.24) is 4.98 Å². The predicted octanol–water partition coefficient (Wildman–Crippen LogP) is 4.88. The van der Waals surface area contributed by atoms with E-state index in [9.17, 15) is 15.4 Å². The summed E-state index contributed by atoms with van der Waals surface area (Å²) in [4.78, 5) is 16.2. The quantitative estimate of drug-likeness (QED) is 0.379. The van der Waals surface area contributed by atoms with Crippen LogP contribution in [-0.4, -0.2) is 9.91 Å². The van der Waals surface area contributed by atoms with Gasteiger partial charge in [0.2, 0.25) is 0 Å². The maximum atomic E-state index is 10.8. The second-order valence-corrected chi connectivity index (χ2v) is 7.05. The fraction of sp³-hybridized carbons (Fsp3) is 0.100. The highest BCUT2D eigenvalue weighted by molar-refractivity contribution is 7.13. The Hall–Kier alpha value is -3.30. The molecule has 0 aliphatic heterocycles. The van der Waals surface area contributed by atoms with Crippen LogP contribution >= 0.6 is 11.3 Å². The first-order valence-electron chi connectivity index (χ1n) is 8.10. The Bertz CT molecular complexity index is 1080. The summed E-state index contributed by atoms with van der Waals surface area (Å²) < 4.78 is 0. The molecule has 2 aromatic carbocycles. The smallest absolute Gasteiger partial charge is 0.258 e. The highest BCUT2D eigenvalue weighted by atomic mass is 32.1. The first-order valence-corrected chi connectivity index (χ1v) is 8.92. The van der Waals surface area contributed by atoms with E-state index >= 15 is 0 Å². The Morgan fingerprint density at radius 1 is 1.19 bits per heavy atom. The molecule has 0 atom stereocenters. The van der Waals surface area contributed by atoms with Crippen LogP contribution in [0.4, 0.5) is 5.69 Å². The summed E-state index contributed by atoms with van der Waals surface area (Å²) in [6.07, 6.45) is 3.64. The summed E-state index contributed by atoms with van der Waals surface area (Å²) >= 11 is 1.55. The number of rotatable bonds is 3. The lowest BCUT2D eigenvalue weighted by molar-refractivity contribution is -0.384. The van der Waals surface area contributed by atoms with Crippen molar-refractivity contribution in [1.29, 1.82) is 5.26 Å². The number of hydrogen-bond donors (Lipinski definition) is 0. The molecule has 0 saturated carbocycles. The fourth-order valence-electron chi connectivity index (χ4n) is 3.07. The molecule has 0 radical (unpaired) electrons. The Balaban J connectivity index is 1.72. The van der Waals surface area contributed by atoms with Gasteiger partial charge in [-0.15, -0.1) is 11.3 Å². The SMILES string of the molecule is N#CC(=Cc1ccc([N+](=O)[O-])cc1)c1nc2c(s1)CCc1ccccc1-2. The molecule has 0 fully saturated rings. The molecule has 1 aromatic heterocycles. The minimum absolute atomic E-state index is 0.0296. The second kappa shape index (κ2) is 6.54. The lowest BCUT2D eigenvalue weighted by Gasteiger charge is -2.13. The van der Waals surface area contributed by atoms with Crippen LogP contribution in [0.2, 0.25) is 0 Å². The second-order valence-electron chi connectivity index (χ2n) is 5.97. The largest absolute Gasteiger partial charge is 0.269 e. The van der Waals surface area contributed by atoms with Gasteiger partial charge in [0.15, 0.2) is 0 Å². The van der Waals surface area contributed by atoms with Crippen LogP contribution in [0.5, 0.6) is 0 Å². The van der Waals surface area contributed by atoms with E-state index in [1.807, 2.05) is 12.1 Å². The lowest BCUT2D eigenvalue weighted by atomic mass is 9.94. The maximum absolute atomic E-state index is 10.8. The molecule has 1 aliphatic carbocycles. The number of fused-ring (bicyclic) bond motifs is 3. The van der Waals surface area contributed by atoms with Gasteiger partial charge in [-0.3, -0.25) is 10.1 Å². The van der Waals surface area contributed by atoms with Crippen LogP contribution in [-0.2, 0) is 12.8 Å². The summed E-state index contributed by atoms with van der Waals surface area (Å²) in [6, 6.07) is 16.6. The molecule has 26 heavy (non-hydrogen) atoms. The van der Waals surface area contributed by atoms with Gasteiger partial charge >= 0.3 is 0 Å². The van der Waals surface area contributed by atoms with Gasteiger partial charge < -0.3 is 0 Å². The van der Waals surface area contributed by atoms with Crippen LogP contribution in [0.25, 0.3) is 22.9 Å². The van der Waals surface area contributed by atoms with Gasteiger partial charge in [0, 0.05) is 22.6 Å². The third-order valence-electron chi connectivity index (χ3n) is 4.36. The number of non-ortho nitro benzene ring substituents is 1. The Morgan fingerprint density at radius 3 is 2.69 bits per heavy atom. The summed E-state index contributed by atoms with van der Waals surface area (Å²) in [5.41, 5.74) is 4.63. The Labute approximate surface area is 154 Å². The van der Waals surface area contributed by atoms with Crippen LogP contribution in [0.3, 0.4) is 0 Å². The number of aromatic nitrogens is 1. The molecule has 1 aliphatic rings. The van der Waals surface area contributed by atoms with Crippen molar-refractivity contribution in [2.24, 2.45) is 0 Å². The third kappa shape index (κ3) is 2.89. The van der Waals surface area contributed by atoms with Crippen molar-refractivity contribution < 1.29 is 4.92 Å². The van der Waals surface area contributed by atoms with Gasteiger partial charge in [-0.05, 0) is 42.2 Å². The monoisotopic (exact) mass is 359 g/mol. The molecular formula is C20H13N3O2S. The number of nitriles is 1. The van der Waals surface area contributed by atoms with Gasteiger partial charge in [-0.1, -0.05) is 24.3 Å². The average Bonchev–Trinajstić information content (AvgIpc) is 3.11. The summed E-state index contributed by atoms with van der Waals surface area (Å²) in [7, 11) is 0. The minimum atomic E-state index is -0.439. The molecular weight excluding hydrogens is 346 g/mol. The number of nitrogens with zero attached hydrogens (tertiary/aromatic N) is 3. The summed E-state index contributed by atoms with van der Waals surface area (Å²) in [6.45, 7) is 0. The molecule has 0 amide bonds. The number of aryl methyl sites for hydroxylation is 2. The fourth-order valence-corrected chi connectivity index (χ4v) is 4.11. The molecule has 4 rings (SSSR count). The van der Waals surface area contributed by atoms with E-state index in [4.69, 9.17) is 4.98 Å². The molecule has 126 valence electrons. The van der Waals surface area contributed by atoms with Gasteiger partial charge in [0.1, 0.15) is 11.1 Å². The van der Waals surface area contributed by atoms with E-state index in [0.717, 1.165) is 29.7 Å². The predicted molar refractivity (Wildman–Crippen MR) is 102 cm³/mol. The van der Waals surface area contributed by atoms with E-state index in [1.165, 1.54) is 22.6 Å². The Kier molecular flexibility index (Phi) is 4.07. The highest BCUT2D eigenvalue weighted by Crippen LogP contribution is 2.38. The van der Waals surface area contributed by atoms with Crippen LogP contribution in [0.15, 0.2) is 48.5 Å². The molecule has 0 unspecified atom stereocenters. The van der Waals surface area contributed by atoms with Crippen molar-refractivity contribution in [3.05, 3.63) is 79.7 Å². The third-order valence-corrected chi connectivity index (χ3v) is 5.51. The zero-order valence-electron chi connectivity index (χ0n) is 13.7. The normalized spacial score (nSPS) is 12.8. The van der Waals surface area contributed by atoms with Gasteiger partial charge in [-0.2, -0.15) is 5.26 Å². The molecule has 5 nitrogen and oxygen atoms in total. The molecule has 0 N–H and O–H groups in total. The van der Waals surface area contributed by atoms with E-state index in [1.54, 1.807) is 29.5 Å². The topological polar surface area (TPSA) is 79.8 Å². The first kappa shape index (κ1) is 16.2. The maximum Gasteiger partial charge on any atom is 0.269 e. The van der Waals surface area contributed by atoms with Crippen molar-refractivity contribution in [3.8, 4) is 17.3 Å². The van der Waals surface area contributed by atoms with Crippen molar-refractivity contribution in [3.63, 3.8) is 0 Å². The van der Waals surface area contributed by atoms with E-state index < -0.39 is 4.92 Å². The van der Waals surface area contributed by atoms with Crippen molar-refractivity contribution in [2.45, 2.75) is 12.8 Å². The van der Waals surface area contributed by atoms with E-state index in [0.29, 0.717) is 10.6 Å². The molecule has 3 aromatic rings. The summed E-state index contributed by atoms with van der Waals surface area (Å²) in [5, 5.41) is 21.0. The summed E-state index contributed by atoms with van der Waals surface area (Å²) in [5.74, 6) is 0. The molecule has 0 spiro atoms. The van der Waals surface area contributed by atoms with Crippen LogP contribution < -0.4 is 0 Å². The number of allylic oxidation sites excluding steroid dienone is 1. The van der Waals surface area contributed by atoms with Gasteiger partial charge in [0.05, 0.1) is 16.2 Å². The van der Waals surface area contributed by atoms with Crippen molar-refractivity contribution >= 4 is 28.7 Å². The minimum Gasteiger partial charge on any atom is -0.258 e. The Morgan fingerprint density at radius 2 is 1.96 bits per heavy atom. The van der Waals surface area contributed by atoms with Crippen LogP contribution in [0.1, 0.15) is 21.0 Å². The van der Waals surface area contributed by atoms with E-state index in [2.05, 4.69) is 18.2 Å². The van der Waals surface area contributed by atoms with Crippen molar-refractivity contribution in [2.75, 3.05) is 0 Å². The average molecular weight is 359 g/mol. The molecule has 0 saturated heterocycles. The zero-order chi connectivity index (χ0) is 18.1. The van der Waals surface area contributed by atoms with E-state index in [-0.39, 0.29) is 5.69 Å². The number of hydrogen-bond acceptors (Lipinski definition) is 5. The number of benzene rings is 2. The standard InChI is InChI=1S/C20H13N3O2S/c21-12-15(11-13-5-8-16(9-6-13)23(24)25)20-22-19-17-4-2-1-3-14(17)7-10-18(19)26-20/h1-6,8-9,11H,7,10H2.